The van der Waals surface area contributed by atoms with Crippen LogP contribution in [0, 0.1) is 6.92 Å². The van der Waals surface area contributed by atoms with Gasteiger partial charge in [0.25, 0.3) is 5.91 Å². The highest BCUT2D eigenvalue weighted by Gasteiger charge is 2.19. The number of carbonyl (C=O) groups excluding carboxylic acids is 1. The molecule has 3 heterocycles. The first-order valence-electron chi connectivity index (χ1n) is 7.74. The Morgan fingerprint density at radius 3 is 2.95 bits per heavy atom. The zero-order valence-corrected chi connectivity index (χ0v) is 13.8. The number of hydrogen-bond acceptors (Lipinski definition) is 5. The molecule has 1 fully saturated rings. The van der Waals surface area contributed by atoms with Crippen molar-refractivity contribution in [1.29, 1.82) is 0 Å². The Hall–Kier alpha value is -1.66. The number of aromatic nitrogens is 1. The van der Waals surface area contributed by atoms with Crippen LogP contribution in [0.5, 0.6) is 0 Å². The maximum atomic E-state index is 12.2. The molecule has 0 unspecified atom stereocenters. The summed E-state index contributed by atoms with van der Waals surface area (Å²) >= 11 is 1.57. The fourth-order valence-electron chi connectivity index (χ4n) is 2.78. The number of nitrogens with one attached hydrogen (secondary N) is 2. The molecule has 1 aliphatic rings. The van der Waals surface area contributed by atoms with Gasteiger partial charge in [0.15, 0.2) is 10.9 Å². The largest absolute Gasteiger partial charge is 0.456 e. The number of aryl methyl sites for hydroxylation is 2. The first-order valence-corrected chi connectivity index (χ1v) is 8.56. The summed E-state index contributed by atoms with van der Waals surface area (Å²) in [5, 5.41) is 6.85. The zero-order valence-electron chi connectivity index (χ0n) is 12.9. The third-order valence-electron chi connectivity index (χ3n) is 4.05. The van der Waals surface area contributed by atoms with Crippen molar-refractivity contribution in [3.63, 3.8) is 0 Å². The lowest BCUT2D eigenvalue weighted by atomic mass is 9.97. The highest BCUT2D eigenvalue weighted by Crippen LogP contribution is 2.31. The molecule has 1 aliphatic heterocycles. The van der Waals surface area contributed by atoms with Crippen LogP contribution in [0.25, 0.3) is 0 Å². The third-order valence-corrected chi connectivity index (χ3v) is 5.13. The lowest BCUT2D eigenvalue weighted by Crippen LogP contribution is -2.26. The summed E-state index contributed by atoms with van der Waals surface area (Å²) in [4.78, 5) is 17.8. The summed E-state index contributed by atoms with van der Waals surface area (Å²) in [6.07, 6.45) is 4.94. The highest BCUT2D eigenvalue weighted by atomic mass is 32.1. The molecule has 1 amide bonds. The second-order valence-electron chi connectivity index (χ2n) is 5.62. The second kappa shape index (κ2) is 6.62. The average Bonchev–Trinajstić information content (AvgIpc) is 3.14. The minimum Gasteiger partial charge on any atom is -0.456 e. The average molecular weight is 319 g/mol. The van der Waals surface area contributed by atoms with Crippen LogP contribution in [0.4, 0.5) is 5.13 Å². The predicted molar refractivity (Wildman–Crippen MR) is 87.7 cm³/mol. The van der Waals surface area contributed by atoms with E-state index in [2.05, 4.69) is 15.6 Å². The van der Waals surface area contributed by atoms with Crippen molar-refractivity contribution < 1.29 is 9.21 Å². The van der Waals surface area contributed by atoms with Gasteiger partial charge in [-0.05, 0) is 50.4 Å². The fraction of sp³-hybridized carbons (Fsp3) is 0.500. The van der Waals surface area contributed by atoms with Crippen LogP contribution in [0.15, 0.2) is 16.7 Å². The number of furan rings is 1. The van der Waals surface area contributed by atoms with Crippen LogP contribution in [-0.4, -0.2) is 24.0 Å². The molecule has 2 aromatic heterocycles. The molecule has 2 N–H and O–H groups in total. The van der Waals surface area contributed by atoms with Crippen molar-refractivity contribution in [2.75, 3.05) is 18.4 Å². The SMILES string of the molecule is CCc1oc(C(=O)Nc2ncc(C3CCNCC3)s2)cc1C. The van der Waals surface area contributed by atoms with E-state index < -0.39 is 0 Å². The van der Waals surface area contributed by atoms with Crippen LogP contribution in [0.2, 0.25) is 0 Å². The molecule has 0 saturated carbocycles. The van der Waals surface area contributed by atoms with Gasteiger partial charge in [0.1, 0.15) is 5.76 Å². The summed E-state index contributed by atoms with van der Waals surface area (Å²) in [5.41, 5.74) is 1.02. The molecular weight excluding hydrogens is 298 g/mol. The van der Waals surface area contributed by atoms with E-state index in [1.54, 1.807) is 17.4 Å². The number of anilines is 1. The van der Waals surface area contributed by atoms with Crippen LogP contribution < -0.4 is 10.6 Å². The van der Waals surface area contributed by atoms with Gasteiger partial charge in [-0.15, -0.1) is 11.3 Å². The Morgan fingerprint density at radius 1 is 1.50 bits per heavy atom. The zero-order chi connectivity index (χ0) is 15.5. The molecule has 0 aromatic carbocycles. The van der Waals surface area contributed by atoms with Gasteiger partial charge in [0, 0.05) is 17.5 Å². The standard InChI is InChI=1S/C16H21N3O2S/c1-3-12-10(2)8-13(21-12)15(20)19-16-18-9-14(22-16)11-4-6-17-7-5-11/h8-9,11,17H,3-7H2,1-2H3,(H,18,19,20). The van der Waals surface area contributed by atoms with Crippen molar-refractivity contribution in [2.24, 2.45) is 0 Å². The predicted octanol–water partition coefficient (Wildman–Crippen LogP) is 3.33. The highest BCUT2D eigenvalue weighted by molar-refractivity contribution is 7.15. The van der Waals surface area contributed by atoms with E-state index in [1.807, 2.05) is 20.0 Å². The van der Waals surface area contributed by atoms with Crippen molar-refractivity contribution in [1.82, 2.24) is 10.3 Å². The molecule has 0 bridgehead atoms. The lowest BCUT2D eigenvalue weighted by molar-refractivity contribution is 0.0995. The van der Waals surface area contributed by atoms with Gasteiger partial charge in [0.2, 0.25) is 0 Å². The van der Waals surface area contributed by atoms with E-state index in [0.717, 1.165) is 43.7 Å². The third kappa shape index (κ3) is 3.23. The van der Waals surface area contributed by atoms with Gasteiger partial charge in [-0.25, -0.2) is 4.98 Å². The summed E-state index contributed by atoms with van der Waals surface area (Å²) in [7, 11) is 0. The number of carbonyl (C=O) groups is 1. The van der Waals surface area contributed by atoms with Gasteiger partial charge < -0.3 is 9.73 Å². The van der Waals surface area contributed by atoms with E-state index in [1.165, 1.54) is 4.88 Å². The second-order valence-corrected chi connectivity index (χ2v) is 6.68. The van der Waals surface area contributed by atoms with Gasteiger partial charge in [-0.3, -0.25) is 10.1 Å². The van der Waals surface area contributed by atoms with Crippen LogP contribution in [0.3, 0.4) is 0 Å². The molecule has 2 aromatic rings. The minimum atomic E-state index is -0.228. The fourth-order valence-corrected chi connectivity index (χ4v) is 3.76. The molecule has 3 rings (SSSR count). The van der Waals surface area contributed by atoms with E-state index in [0.29, 0.717) is 16.8 Å². The number of rotatable bonds is 4. The van der Waals surface area contributed by atoms with Crippen molar-refractivity contribution >= 4 is 22.4 Å². The minimum absolute atomic E-state index is 0.228. The van der Waals surface area contributed by atoms with Gasteiger partial charge in [-0.1, -0.05) is 6.92 Å². The Balaban J connectivity index is 1.67. The number of nitrogens with zero attached hydrogens (tertiary/aromatic N) is 1. The van der Waals surface area contributed by atoms with Crippen LogP contribution >= 0.6 is 11.3 Å². The molecule has 118 valence electrons. The van der Waals surface area contributed by atoms with Gasteiger partial charge in [0.05, 0.1) is 0 Å². The van der Waals surface area contributed by atoms with Gasteiger partial charge in [-0.2, -0.15) is 0 Å². The van der Waals surface area contributed by atoms with Crippen molar-refractivity contribution in [3.05, 3.63) is 34.2 Å². The molecule has 0 aliphatic carbocycles. The molecular formula is C16H21N3O2S. The summed E-state index contributed by atoms with van der Waals surface area (Å²) in [6, 6.07) is 1.79. The first kappa shape index (κ1) is 15.2. The number of thiazole rings is 1. The Morgan fingerprint density at radius 2 is 2.27 bits per heavy atom. The van der Waals surface area contributed by atoms with E-state index in [9.17, 15) is 4.79 Å². The van der Waals surface area contributed by atoms with E-state index >= 15 is 0 Å². The summed E-state index contributed by atoms with van der Waals surface area (Å²) < 4.78 is 5.58. The number of piperidine rings is 1. The maximum Gasteiger partial charge on any atom is 0.293 e. The monoisotopic (exact) mass is 319 g/mol. The number of hydrogen-bond donors (Lipinski definition) is 2. The Labute approximate surface area is 134 Å². The first-order chi connectivity index (χ1) is 10.7. The van der Waals surface area contributed by atoms with Gasteiger partial charge >= 0.3 is 0 Å². The van der Waals surface area contributed by atoms with Crippen LogP contribution in [0.1, 0.15) is 52.4 Å². The maximum absolute atomic E-state index is 12.2. The smallest absolute Gasteiger partial charge is 0.293 e. The lowest BCUT2D eigenvalue weighted by Gasteiger charge is -2.20. The topological polar surface area (TPSA) is 67.2 Å². The number of amides is 1. The molecule has 0 spiro atoms. The van der Waals surface area contributed by atoms with Crippen molar-refractivity contribution in [3.8, 4) is 0 Å². The molecule has 1 saturated heterocycles. The van der Waals surface area contributed by atoms with Crippen LogP contribution in [-0.2, 0) is 6.42 Å². The molecule has 5 nitrogen and oxygen atoms in total. The molecule has 0 atom stereocenters. The van der Waals surface area contributed by atoms with E-state index in [-0.39, 0.29) is 5.91 Å². The summed E-state index contributed by atoms with van der Waals surface area (Å²) in [6.45, 7) is 6.07. The quantitative estimate of drug-likeness (QED) is 0.907. The van der Waals surface area contributed by atoms with E-state index in [4.69, 9.17) is 4.42 Å². The Bertz CT molecular complexity index is 656. The Kier molecular flexibility index (Phi) is 4.59. The molecule has 0 radical (unpaired) electrons. The van der Waals surface area contributed by atoms with Crippen molar-refractivity contribution in [2.45, 2.75) is 39.0 Å². The molecule has 22 heavy (non-hydrogen) atoms. The normalized spacial score (nSPS) is 15.9. The molecule has 6 heteroatoms. The summed E-state index contributed by atoms with van der Waals surface area (Å²) in [5.74, 6) is 1.55.